The van der Waals surface area contributed by atoms with Crippen molar-refractivity contribution in [2.75, 3.05) is 36.8 Å². The van der Waals surface area contributed by atoms with Gasteiger partial charge in [0.2, 0.25) is 5.95 Å². The molecule has 1 aromatic heterocycles. The number of hydrogen-bond acceptors (Lipinski definition) is 5. The average Bonchev–Trinajstić information content (AvgIpc) is 2.47. The molecule has 1 rings (SSSR count). The molecule has 0 fully saturated rings. The van der Waals surface area contributed by atoms with Crippen LogP contribution in [0.1, 0.15) is 40.5 Å². The summed E-state index contributed by atoms with van der Waals surface area (Å²) in [4.78, 5) is 11.0. The first-order valence-electron chi connectivity index (χ1n) is 7.85. The van der Waals surface area contributed by atoms with Crippen molar-refractivity contribution in [1.82, 2.24) is 14.9 Å². The average molecular weight is 314 g/mol. The highest BCUT2D eigenvalue weighted by Crippen LogP contribution is 2.20. The summed E-state index contributed by atoms with van der Waals surface area (Å²) in [6.07, 6.45) is 3.89. The molecule has 0 bridgehead atoms. The summed E-state index contributed by atoms with van der Waals surface area (Å²) in [5, 5.41) is 7.03. The highest BCUT2D eigenvalue weighted by molar-refractivity contribution is 6.32. The molecule has 6 heteroatoms. The fraction of sp³-hybridized carbons (Fsp3) is 0.733. The lowest BCUT2D eigenvalue weighted by Gasteiger charge is -2.20. The largest absolute Gasteiger partial charge is 0.366 e. The minimum absolute atomic E-state index is 0.336. The van der Waals surface area contributed by atoms with Crippen molar-refractivity contribution in [1.29, 1.82) is 0 Å². The van der Waals surface area contributed by atoms with E-state index in [0.29, 0.717) is 22.8 Å². The number of halogens is 1. The Morgan fingerprint density at radius 3 is 2.62 bits per heavy atom. The fourth-order valence-corrected chi connectivity index (χ4v) is 2.32. The van der Waals surface area contributed by atoms with Gasteiger partial charge in [-0.3, -0.25) is 0 Å². The molecule has 1 aromatic rings. The first kappa shape index (κ1) is 18.0. The van der Waals surface area contributed by atoms with Crippen molar-refractivity contribution in [2.24, 2.45) is 0 Å². The fourth-order valence-electron chi connectivity index (χ4n) is 2.18. The van der Waals surface area contributed by atoms with E-state index in [9.17, 15) is 0 Å². The van der Waals surface area contributed by atoms with Crippen LogP contribution in [0.3, 0.4) is 0 Å². The second-order valence-electron chi connectivity index (χ2n) is 5.13. The van der Waals surface area contributed by atoms with Gasteiger partial charge >= 0.3 is 0 Å². The number of rotatable bonds is 10. The van der Waals surface area contributed by atoms with E-state index >= 15 is 0 Å². The summed E-state index contributed by atoms with van der Waals surface area (Å²) in [5.74, 6) is 1.32. The molecular weight excluding hydrogens is 286 g/mol. The number of nitrogens with zero attached hydrogens (tertiary/aromatic N) is 3. The summed E-state index contributed by atoms with van der Waals surface area (Å²) in [6, 6.07) is 0.336. The molecule has 0 aliphatic rings. The molecule has 0 aliphatic heterocycles. The van der Waals surface area contributed by atoms with E-state index in [2.05, 4.69) is 46.3 Å². The maximum atomic E-state index is 6.15. The zero-order valence-corrected chi connectivity index (χ0v) is 14.4. The monoisotopic (exact) mass is 313 g/mol. The number of nitrogens with one attached hydrogen (secondary N) is 2. The third kappa shape index (κ3) is 6.48. The van der Waals surface area contributed by atoms with Crippen LogP contribution in [0, 0.1) is 0 Å². The zero-order chi connectivity index (χ0) is 15.7. The van der Waals surface area contributed by atoms with Crippen LogP contribution < -0.4 is 10.6 Å². The molecule has 0 saturated heterocycles. The molecule has 21 heavy (non-hydrogen) atoms. The van der Waals surface area contributed by atoms with Crippen LogP contribution in [0.5, 0.6) is 0 Å². The van der Waals surface area contributed by atoms with Gasteiger partial charge in [0.1, 0.15) is 5.02 Å². The predicted octanol–water partition coefficient (Wildman–Crippen LogP) is 3.48. The lowest BCUT2D eigenvalue weighted by atomic mass is 10.1. The minimum atomic E-state index is 0.336. The predicted molar refractivity (Wildman–Crippen MR) is 91.3 cm³/mol. The van der Waals surface area contributed by atoms with Crippen molar-refractivity contribution in [3.05, 3.63) is 11.2 Å². The van der Waals surface area contributed by atoms with Gasteiger partial charge in [0.05, 0.1) is 6.20 Å². The molecule has 0 aliphatic carbocycles. The van der Waals surface area contributed by atoms with Crippen LogP contribution in [-0.4, -0.2) is 47.1 Å². The van der Waals surface area contributed by atoms with E-state index in [4.69, 9.17) is 11.6 Å². The van der Waals surface area contributed by atoms with Crippen LogP contribution in [0.25, 0.3) is 0 Å². The molecule has 0 amide bonds. The number of anilines is 2. The topological polar surface area (TPSA) is 53.1 Å². The van der Waals surface area contributed by atoms with E-state index in [1.165, 1.54) is 6.42 Å². The highest BCUT2D eigenvalue weighted by atomic mass is 35.5. The Morgan fingerprint density at radius 1 is 1.29 bits per heavy atom. The van der Waals surface area contributed by atoms with E-state index in [0.717, 1.165) is 32.6 Å². The first-order chi connectivity index (χ1) is 10.1. The third-order valence-corrected chi connectivity index (χ3v) is 3.74. The van der Waals surface area contributed by atoms with Gasteiger partial charge < -0.3 is 15.5 Å². The smallest absolute Gasteiger partial charge is 0.224 e. The van der Waals surface area contributed by atoms with Gasteiger partial charge in [-0.2, -0.15) is 4.98 Å². The first-order valence-corrected chi connectivity index (χ1v) is 8.23. The van der Waals surface area contributed by atoms with Gasteiger partial charge in [-0.1, -0.05) is 25.4 Å². The Bertz CT molecular complexity index is 409. The molecule has 1 atom stereocenters. The summed E-state index contributed by atoms with van der Waals surface area (Å²) < 4.78 is 0. The standard InChI is InChI=1S/C15H28ClN5/c1-5-17-15-18-11-13(16)14(20-15)19-12(4)9-8-10-21(6-2)7-3/h11-12H,5-10H2,1-4H3,(H2,17,18,19,20). The molecule has 1 heterocycles. The van der Waals surface area contributed by atoms with Crippen LogP contribution in [0.2, 0.25) is 5.02 Å². The van der Waals surface area contributed by atoms with Crippen molar-refractivity contribution in [3.8, 4) is 0 Å². The van der Waals surface area contributed by atoms with Crippen molar-refractivity contribution in [3.63, 3.8) is 0 Å². The Balaban J connectivity index is 2.46. The molecule has 120 valence electrons. The van der Waals surface area contributed by atoms with Gasteiger partial charge in [-0.15, -0.1) is 0 Å². The van der Waals surface area contributed by atoms with Gasteiger partial charge in [0.25, 0.3) is 0 Å². The van der Waals surface area contributed by atoms with Gasteiger partial charge in [-0.25, -0.2) is 4.98 Å². The third-order valence-electron chi connectivity index (χ3n) is 3.47. The Morgan fingerprint density at radius 2 is 2.00 bits per heavy atom. The second kappa shape index (κ2) is 9.79. The number of hydrogen-bond donors (Lipinski definition) is 2. The quantitative estimate of drug-likeness (QED) is 0.692. The molecule has 1 unspecified atom stereocenters. The molecular formula is C15H28ClN5. The maximum Gasteiger partial charge on any atom is 0.224 e. The van der Waals surface area contributed by atoms with Crippen LogP contribution in [0.4, 0.5) is 11.8 Å². The van der Waals surface area contributed by atoms with Gasteiger partial charge in [0.15, 0.2) is 5.82 Å². The van der Waals surface area contributed by atoms with Gasteiger partial charge in [0, 0.05) is 12.6 Å². The summed E-state index contributed by atoms with van der Waals surface area (Å²) >= 11 is 6.15. The Kier molecular flexibility index (Phi) is 8.38. The normalized spacial score (nSPS) is 12.5. The zero-order valence-electron chi connectivity index (χ0n) is 13.6. The lowest BCUT2D eigenvalue weighted by Crippen LogP contribution is -2.25. The molecule has 0 aromatic carbocycles. The summed E-state index contributed by atoms with van der Waals surface area (Å²) in [5.41, 5.74) is 0. The van der Waals surface area contributed by atoms with Crippen LogP contribution >= 0.6 is 11.6 Å². The Labute approximate surface area is 133 Å². The Hall–Kier alpha value is -1.07. The summed E-state index contributed by atoms with van der Waals surface area (Å²) in [7, 11) is 0. The molecule has 5 nitrogen and oxygen atoms in total. The van der Waals surface area contributed by atoms with E-state index in [1.54, 1.807) is 6.20 Å². The summed E-state index contributed by atoms with van der Waals surface area (Å²) in [6.45, 7) is 12.7. The second-order valence-corrected chi connectivity index (χ2v) is 5.54. The van der Waals surface area contributed by atoms with Crippen LogP contribution in [-0.2, 0) is 0 Å². The SMILES string of the molecule is CCNc1ncc(Cl)c(NC(C)CCCN(CC)CC)n1. The minimum Gasteiger partial charge on any atom is -0.366 e. The van der Waals surface area contributed by atoms with Gasteiger partial charge in [-0.05, 0) is 46.3 Å². The van der Waals surface area contributed by atoms with Crippen molar-refractivity contribution >= 4 is 23.4 Å². The lowest BCUT2D eigenvalue weighted by molar-refractivity contribution is 0.295. The number of aromatic nitrogens is 2. The van der Waals surface area contributed by atoms with E-state index in [1.807, 2.05) is 6.92 Å². The molecule has 0 radical (unpaired) electrons. The molecule has 2 N–H and O–H groups in total. The maximum absolute atomic E-state index is 6.15. The van der Waals surface area contributed by atoms with Crippen molar-refractivity contribution in [2.45, 2.75) is 46.6 Å². The van der Waals surface area contributed by atoms with Crippen molar-refractivity contribution < 1.29 is 0 Å². The highest BCUT2D eigenvalue weighted by Gasteiger charge is 2.09. The van der Waals surface area contributed by atoms with E-state index in [-0.39, 0.29) is 0 Å². The molecule has 0 spiro atoms. The van der Waals surface area contributed by atoms with E-state index < -0.39 is 0 Å². The molecule has 0 saturated carbocycles. The van der Waals surface area contributed by atoms with Crippen LogP contribution in [0.15, 0.2) is 6.20 Å².